The fourth-order valence-corrected chi connectivity index (χ4v) is 13.7. The Balaban J connectivity index is 0.000000253. The van der Waals surface area contributed by atoms with E-state index in [1.54, 1.807) is 0 Å². The summed E-state index contributed by atoms with van der Waals surface area (Å²) in [6.45, 7) is 2.00. The van der Waals surface area contributed by atoms with Gasteiger partial charge in [0.15, 0.2) is 23.0 Å². The van der Waals surface area contributed by atoms with Crippen molar-refractivity contribution in [2.75, 3.05) is 26.4 Å². The zero-order valence-electron chi connectivity index (χ0n) is 35.4. The van der Waals surface area contributed by atoms with Gasteiger partial charge in [0.05, 0.1) is 27.0 Å². The van der Waals surface area contributed by atoms with Crippen molar-refractivity contribution in [3.05, 3.63) is 229 Å². The molecule has 0 aliphatic carbocycles. The fourth-order valence-electron chi connectivity index (χ4n) is 8.23. The molecule has 0 fully saturated rings. The molecule has 8 aromatic rings. The van der Waals surface area contributed by atoms with Gasteiger partial charge < -0.3 is 30.4 Å². The Morgan fingerprint density at radius 3 is 0.923 bits per heavy atom. The normalized spacial score (nSPS) is 13.4. The molecule has 2 aliphatic rings. The standard InChI is InChI=1S/C40H32O4P2.C14H14N2.2ClH.Ru/c1-5-13-29(14-6-1)45(30-15-7-2-8-16-30)35-23-21-33-39(43-27-25-41-33)37(35)38-36(24-22-34-40(38)44-28-26-42-34)46(31-17-9-3-10-18-31)32-19-11-4-12-20-32;15-13(11-7-3-1-4-8-11)14(16)12-9-5-2-6-10-12;;;/h1-24H,25-28H2;1-10,13-16H;2*1H;/q;-2;;;+4. The monoisotopic (exact) mass is 1020 g/mol. The zero-order valence-corrected chi connectivity index (χ0v) is 40.6. The molecular formula is C54H48Cl2N2O4P2Ru+2. The van der Waals surface area contributed by atoms with Crippen LogP contribution in [0.2, 0.25) is 0 Å². The average molecular weight is 1020 g/mol. The molecule has 0 bridgehead atoms. The summed E-state index contributed by atoms with van der Waals surface area (Å²) in [4.78, 5) is 0. The molecule has 10 rings (SSSR count). The second kappa shape index (κ2) is 23.4. The number of ether oxygens (including phenoxy) is 4. The molecule has 6 nitrogen and oxygen atoms in total. The predicted octanol–water partition coefficient (Wildman–Crippen LogP) is 11.8. The molecule has 2 atom stereocenters. The van der Waals surface area contributed by atoms with Gasteiger partial charge in [-0.15, -0.1) is 12.1 Å². The summed E-state index contributed by atoms with van der Waals surface area (Å²) in [6, 6.07) is 70.3. The van der Waals surface area contributed by atoms with Gasteiger partial charge in [0.2, 0.25) is 0 Å². The van der Waals surface area contributed by atoms with Gasteiger partial charge in [-0.3, -0.25) is 0 Å². The van der Waals surface area contributed by atoms with Gasteiger partial charge in [-0.1, -0.05) is 145 Å². The Morgan fingerprint density at radius 2 is 0.631 bits per heavy atom. The van der Waals surface area contributed by atoms with E-state index in [0.717, 1.165) is 45.3 Å². The van der Waals surface area contributed by atoms with Crippen LogP contribution in [0, 0.1) is 0 Å². The Morgan fingerprint density at radius 1 is 0.369 bits per heavy atom. The van der Waals surface area contributed by atoms with E-state index in [0.29, 0.717) is 26.4 Å². The molecule has 0 saturated heterocycles. The van der Waals surface area contributed by atoms with Gasteiger partial charge >= 0.3 is 34.5 Å². The van der Waals surface area contributed by atoms with Gasteiger partial charge in [-0.25, -0.2) is 0 Å². The first-order chi connectivity index (χ1) is 32.1. The van der Waals surface area contributed by atoms with E-state index in [9.17, 15) is 0 Å². The van der Waals surface area contributed by atoms with Crippen LogP contribution in [0.3, 0.4) is 0 Å². The summed E-state index contributed by atoms with van der Waals surface area (Å²) in [6.07, 6.45) is 0. The first-order valence-corrected chi connectivity index (χ1v) is 28.7. The second-order valence-electron chi connectivity index (χ2n) is 15.1. The number of halogens is 2. The molecule has 2 aliphatic heterocycles. The van der Waals surface area contributed by atoms with Crippen LogP contribution in [0.1, 0.15) is 23.2 Å². The maximum atomic E-state index is 8.07. The SMILES string of the molecule is [Cl][Ru+2][Cl].[NH-]C(c1ccccc1)C([NH-])c1ccccc1.c1ccc([PH+](c2ccccc2)c2ccc3c(c2-c2c([PH+](c4ccccc4)c4ccccc4)ccc4c2OCCO4)OCCO3)cc1. The quantitative estimate of drug-likeness (QED) is 0.101. The van der Waals surface area contributed by atoms with Crippen LogP contribution in [0.15, 0.2) is 206 Å². The number of rotatable bonds is 10. The van der Waals surface area contributed by atoms with Gasteiger partial charge in [-0.05, 0) is 72.8 Å². The van der Waals surface area contributed by atoms with E-state index < -0.39 is 27.9 Å². The molecule has 2 unspecified atom stereocenters. The minimum atomic E-state index is -1.50. The molecule has 0 radical (unpaired) electrons. The topological polar surface area (TPSA) is 84.5 Å². The van der Waals surface area contributed by atoms with Gasteiger partial charge in [0.1, 0.15) is 58.3 Å². The van der Waals surface area contributed by atoms with Crippen LogP contribution >= 0.6 is 35.2 Å². The van der Waals surface area contributed by atoms with Crippen LogP contribution in [0.25, 0.3) is 22.6 Å². The third-order valence-electron chi connectivity index (χ3n) is 11.1. The largest absolute Gasteiger partial charge is 0.672 e. The van der Waals surface area contributed by atoms with Crippen LogP contribution < -0.4 is 50.8 Å². The van der Waals surface area contributed by atoms with Crippen molar-refractivity contribution >= 4 is 67.1 Å². The van der Waals surface area contributed by atoms with Crippen molar-refractivity contribution < 1.29 is 34.1 Å². The average Bonchev–Trinajstić information content (AvgIpc) is 3.38. The van der Waals surface area contributed by atoms with E-state index >= 15 is 0 Å². The molecule has 0 aromatic heterocycles. The Bertz CT molecular complexity index is 2450. The maximum absolute atomic E-state index is 8.07. The van der Waals surface area contributed by atoms with Crippen molar-refractivity contribution in [2.24, 2.45) is 0 Å². The third-order valence-corrected chi connectivity index (χ3v) is 16.7. The summed E-state index contributed by atoms with van der Waals surface area (Å²) >= 11 is -0.346. The Kier molecular flexibility index (Phi) is 16.7. The Labute approximate surface area is 400 Å². The van der Waals surface area contributed by atoms with Crippen molar-refractivity contribution in [1.29, 1.82) is 0 Å². The summed E-state index contributed by atoms with van der Waals surface area (Å²) in [7, 11) is 6.70. The molecule has 65 heavy (non-hydrogen) atoms. The van der Waals surface area contributed by atoms with Gasteiger partial charge in [-0.2, -0.15) is 0 Å². The van der Waals surface area contributed by atoms with Gasteiger partial charge in [0.25, 0.3) is 0 Å². The van der Waals surface area contributed by atoms with Crippen molar-refractivity contribution in [1.82, 2.24) is 0 Å². The summed E-state index contributed by atoms with van der Waals surface area (Å²) in [5.74, 6) is 3.09. The Hall–Kier alpha value is -5.06. The van der Waals surface area contributed by atoms with Crippen LogP contribution in [0.5, 0.6) is 23.0 Å². The maximum Gasteiger partial charge on any atom is 0.173 e. The molecule has 2 N–H and O–H groups in total. The summed E-state index contributed by atoms with van der Waals surface area (Å²) in [5, 5.41) is 7.68. The first kappa shape index (κ1) is 46.5. The molecule has 11 heteroatoms. The predicted molar refractivity (Wildman–Crippen MR) is 273 cm³/mol. The number of nitrogens with one attached hydrogen (secondary N) is 2. The van der Waals surface area contributed by atoms with Gasteiger partial charge in [0, 0.05) is 0 Å². The zero-order chi connectivity index (χ0) is 44.8. The number of benzene rings is 8. The smallest absolute Gasteiger partial charge is 0.173 e. The van der Waals surface area contributed by atoms with E-state index in [2.05, 4.69) is 146 Å². The van der Waals surface area contributed by atoms with Crippen LogP contribution in [-0.4, -0.2) is 26.4 Å². The van der Waals surface area contributed by atoms with Crippen LogP contribution in [-0.2, 0) is 15.1 Å². The van der Waals surface area contributed by atoms with E-state index in [4.69, 9.17) is 49.8 Å². The van der Waals surface area contributed by atoms with E-state index in [-0.39, 0.29) is 15.1 Å². The van der Waals surface area contributed by atoms with Crippen molar-refractivity contribution in [3.8, 4) is 34.1 Å². The molecule has 328 valence electrons. The molecule has 0 saturated carbocycles. The summed E-state index contributed by atoms with van der Waals surface area (Å²) in [5.41, 5.74) is 20.0. The second-order valence-corrected chi connectivity index (χ2v) is 22.6. The number of hydrogen-bond donors (Lipinski definition) is 0. The summed E-state index contributed by atoms with van der Waals surface area (Å²) < 4.78 is 25.8. The molecular weight excluding hydrogens is 975 g/mol. The van der Waals surface area contributed by atoms with E-state index in [1.807, 2.05) is 60.7 Å². The number of fused-ring (bicyclic) bond motifs is 2. The molecule has 0 amide bonds. The fraction of sp³-hybridized carbons (Fsp3) is 0.111. The van der Waals surface area contributed by atoms with Crippen molar-refractivity contribution in [3.63, 3.8) is 0 Å². The minimum absolute atomic E-state index is 0.346. The number of hydrogen-bond acceptors (Lipinski definition) is 4. The first-order valence-electron chi connectivity index (χ1n) is 21.3. The van der Waals surface area contributed by atoms with Crippen molar-refractivity contribution in [2.45, 2.75) is 12.1 Å². The third kappa shape index (κ3) is 11.1. The van der Waals surface area contributed by atoms with Crippen LogP contribution in [0.4, 0.5) is 0 Å². The molecule has 8 aromatic carbocycles. The minimum Gasteiger partial charge on any atom is -0.672 e. The van der Waals surface area contributed by atoms with E-state index in [1.165, 1.54) is 31.8 Å². The molecule has 2 heterocycles. The molecule has 0 spiro atoms.